The van der Waals surface area contributed by atoms with Gasteiger partial charge in [-0.3, -0.25) is 5.32 Å². The third-order valence-electron chi connectivity index (χ3n) is 4.21. The van der Waals surface area contributed by atoms with Crippen LogP contribution < -0.4 is 5.32 Å². The van der Waals surface area contributed by atoms with Crippen LogP contribution in [0.3, 0.4) is 0 Å². The number of nitrogens with zero attached hydrogens (tertiary/aromatic N) is 1. The smallest absolute Gasteiger partial charge is 0.121 e. The average molecular weight is 240 g/mol. The Kier molecular flexibility index (Phi) is 3.34. The summed E-state index contributed by atoms with van der Waals surface area (Å²) in [6.07, 6.45) is 7.71. The fourth-order valence-electron chi connectivity index (χ4n) is 2.91. The number of nitrogens with one attached hydrogen (secondary N) is 1. The van der Waals surface area contributed by atoms with Crippen LogP contribution in [0.15, 0.2) is 24.3 Å². The third-order valence-corrected chi connectivity index (χ3v) is 4.21. The maximum Gasteiger partial charge on any atom is 0.121 e. The Labute approximate surface area is 109 Å². The van der Waals surface area contributed by atoms with Crippen molar-refractivity contribution in [2.75, 3.05) is 0 Å². The van der Waals surface area contributed by atoms with Crippen LogP contribution in [0.5, 0.6) is 0 Å². The SMILES string of the molecule is N#CC(NC1CCCC1)c1ccc(C2CC2)cc1. The second kappa shape index (κ2) is 5.12. The van der Waals surface area contributed by atoms with Gasteiger partial charge >= 0.3 is 0 Å². The Bertz CT molecular complexity index is 433. The van der Waals surface area contributed by atoms with Gasteiger partial charge in [-0.1, -0.05) is 37.1 Å². The standard InChI is InChI=1S/C16H20N2/c17-11-16(18-15-3-1-2-4-15)14-9-7-13(8-10-14)12-5-6-12/h7-10,12,15-16,18H,1-6H2. The van der Waals surface area contributed by atoms with Gasteiger partial charge in [0, 0.05) is 6.04 Å². The minimum atomic E-state index is -0.138. The first-order valence-electron chi connectivity index (χ1n) is 7.12. The lowest BCUT2D eigenvalue weighted by atomic mass is 10.0. The van der Waals surface area contributed by atoms with E-state index >= 15 is 0 Å². The van der Waals surface area contributed by atoms with E-state index in [1.165, 1.54) is 44.1 Å². The Balaban J connectivity index is 1.68. The van der Waals surface area contributed by atoms with Crippen LogP contribution in [0, 0.1) is 11.3 Å². The summed E-state index contributed by atoms with van der Waals surface area (Å²) >= 11 is 0. The predicted octanol–water partition coefficient (Wildman–Crippen LogP) is 3.66. The first kappa shape index (κ1) is 11.7. The number of benzene rings is 1. The van der Waals surface area contributed by atoms with Crippen molar-refractivity contribution < 1.29 is 0 Å². The molecule has 1 aromatic rings. The highest BCUT2D eigenvalue weighted by molar-refractivity contribution is 5.31. The van der Waals surface area contributed by atoms with Gasteiger partial charge < -0.3 is 0 Å². The minimum absolute atomic E-state index is 0.138. The summed E-state index contributed by atoms with van der Waals surface area (Å²) < 4.78 is 0. The first-order valence-corrected chi connectivity index (χ1v) is 7.12. The number of hydrogen-bond donors (Lipinski definition) is 1. The van der Waals surface area contributed by atoms with E-state index in [-0.39, 0.29) is 6.04 Å². The second-order valence-electron chi connectivity index (χ2n) is 5.65. The minimum Gasteiger partial charge on any atom is -0.295 e. The van der Waals surface area contributed by atoms with E-state index in [1.807, 2.05) is 0 Å². The molecule has 0 spiro atoms. The third kappa shape index (κ3) is 2.57. The Hall–Kier alpha value is -1.33. The highest BCUT2D eigenvalue weighted by Gasteiger charge is 2.24. The van der Waals surface area contributed by atoms with E-state index in [4.69, 9.17) is 0 Å². The highest BCUT2D eigenvalue weighted by atomic mass is 15.0. The van der Waals surface area contributed by atoms with Crippen molar-refractivity contribution in [3.8, 4) is 6.07 Å². The molecule has 0 aliphatic heterocycles. The molecular weight excluding hydrogens is 220 g/mol. The molecule has 1 unspecified atom stereocenters. The normalized spacial score (nSPS) is 21.7. The van der Waals surface area contributed by atoms with Crippen LogP contribution in [0.25, 0.3) is 0 Å². The van der Waals surface area contributed by atoms with Gasteiger partial charge in [0.15, 0.2) is 0 Å². The maximum atomic E-state index is 9.32. The summed E-state index contributed by atoms with van der Waals surface area (Å²) in [5, 5.41) is 12.8. The molecular formula is C16H20N2. The van der Waals surface area contributed by atoms with E-state index in [0.717, 1.165) is 11.5 Å². The molecule has 0 heterocycles. The van der Waals surface area contributed by atoms with Crippen LogP contribution in [0.2, 0.25) is 0 Å². The molecule has 0 amide bonds. The highest BCUT2D eigenvalue weighted by Crippen LogP contribution is 2.40. The molecule has 1 aromatic carbocycles. The molecule has 0 bridgehead atoms. The molecule has 2 saturated carbocycles. The van der Waals surface area contributed by atoms with Crippen LogP contribution >= 0.6 is 0 Å². The Morgan fingerprint density at radius 3 is 2.28 bits per heavy atom. The lowest BCUT2D eigenvalue weighted by molar-refractivity contribution is 0.492. The lowest BCUT2D eigenvalue weighted by Gasteiger charge is -2.17. The number of nitriles is 1. The number of rotatable bonds is 4. The van der Waals surface area contributed by atoms with Crippen LogP contribution in [-0.2, 0) is 0 Å². The van der Waals surface area contributed by atoms with Crippen LogP contribution in [0.1, 0.15) is 61.6 Å². The molecule has 2 aliphatic carbocycles. The second-order valence-corrected chi connectivity index (χ2v) is 5.65. The molecule has 0 radical (unpaired) electrons. The van der Waals surface area contributed by atoms with Crippen molar-refractivity contribution in [3.05, 3.63) is 35.4 Å². The summed E-state index contributed by atoms with van der Waals surface area (Å²) in [6.45, 7) is 0. The number of hydrogen-bond acceptors (Lipinski definition) is 2. The van der Waals surface area contributed by atoms with Crippen molar-refractivity contribution in [1.82, 2.24) is 5.32 Å². The van der Waals surface area contributed by atoms with Crippen LogP contribution in [-0.4, -0.2) is 6.04 Å². The zero-order valence-corrected chi connectivity index (χ0v) is 10.7. The fourth-order valence-corrected chi connectivity index (χ4v) is 2.91. The zero-order valence-electron chi connectivity index (χ0n) is 10.7. The molecule has 2 heteroatoms. The Morgan fingerprint density at radius 2 is 1.72 bits per heavy atom. The molecule has 1 N–H and O–H groups in total. The average Bonchev–Trinajstić information content (AvgIpc) is 3.14. The predicted molar refractivity (Wildman–Crippen MR) is 72.2 cm³/mol. The van der Waals surface area contributed by atoms with Gasteiger partial charge in [0.25, 0.3) is 0 Å². The van der Waals surface area contributed by atoms with Gasteiger partial charge in [0.2, 0.25) is 0 Å². The van der Waals surface area contributed by atoms with Gasteiger partial charge in [0.05, 0.1) is 6.07 Å². The van der Waals surface area contributed by atoms with E-state index < -0.39 is 0 Å². The maximum absolute atomic E-state index is 9.32. The molecule has 18 heavy (non-hydrogen) atoms. The summed E-state index contributed by atoms with van der Waals surface area (Å²) in [5.74, 6) is 0.794. The molecule has 1 atom stereocenters. The quantitative estimate of drug-likeness (QED) is 0.871. The topological polar surface area (TPSA) is 35.8 Å². The molecule has 2 fully saturated rings. The fraction of sp³-hybridized carbons (Fsp3) is 0.562. The zero-order chi connectivity index (χ0) is 12.4. The van der Waals surface area contributed by atoms with Crippen LogP contribution in [0.4, 0.5) is 0 Å². The summed E-state index contributed by atoms with van der Waals surface area (Å²) in [5.41, 5.74) is 2.56. The van der Waals surface area contributed by atoms with Gasteiger partial charge in [-0.05, 0) is 42.7 Å². The van der Waals surface area contributed by atoms with Crippen molar-refractivity contribution in [2.45, 2.75) is 56.5 Å². The lowest BCUT2D eigenvalue weighted by Crippen LogP contribution is -2.29. The van der Waals surface area contributed by atoms with Gasteiger partial charge in [-0.15, -0.1) is 0 Å². The molecule has 0 aromatic heterocycles. The largest absolute Gasteiger partial charge is 0.295 e. The van der Waals surface area contributed by atoms with Crippen molar-refractivity contribution in [3.63, 3.8) is 0 Å². The molecule has 2 aliphatic rings. The van der Waals surface area contributed by atoms with Crippen molar-refractivity contribution >= 4 is 0 Å². The van der Waals surface area contributed by atoms with Gasteiger partial charge in [-0.25, -0.2) is 0 Å². The van der Waals surface area contributed by atoms with Gasteiger partial charge in [-0.2, -0.15) is 5.26 Å². The van der Waals surface area contributed by atoms with Gasteiger partial charge in [0.1, 0.15) is 6.04 Å². The monoisotopic (exact) mass is 240 g/mol. The summed E-state index contributed by atoms with van der Waals surface area (Å²) in [6, 6.07) is 11.5. The molecule has 0 saturated heterocycles. The van der Waals surface area contributed by atoms with E-state index in [0.29, 0.717) is 6.04 Å². The molecule has 2 nitrogen and oxygen atoms in total. The van der Waals surface area contributed by atoms with Crippen molar-refractivity contribution in [2.24, 2.45) is 0 Å². The van der Waals surface area contributed by atoms with Crippen molar-refractivity contribution in [1.29, 1.82) is 5.26 Å². The summed E-state index contributed by atoms with van der Waals surface area (Å²) in [4.78, 5) is 0. The Morgan fingerprint density at radius 1 is 1.06 bits per heavy atom. The van der Waals surface area contributed by atoms with E-state index in [1.54, 1.807) is 0 Å². The summed E-state index contributed by atoms with van der Waals surface area (Å²) in [7, 11) is 0. The van der Waals surface area contributed by atoms with E-state index in [2.05, 4.69) is 35.7 Å². The molecule has 94 valence electrons. The first-order chi connectivity index (χ1) is 8.86. The molecule has 3 rings (SSSR count). The van der Waals surface area contributed by atoms with E-state index in [9.17, 15) is 5.26 Å².